The van der Waals surface area contributed by atoms with Gasteiger partial charge in [0.1, 0.15) is 0 Å². The third kappa shape index (κ3) is 1.66. The number of hydrogen-bond acceptors (Lipinski definition) is 3. The van der Waals surface area contributed by atoms with Gasteiger partial charge in [-0.3, -0.25) is 4.68 Å². The molecule has 1 unspecified atom stereocenters. The van der Waals surface area contributed by atoms with Gasteiger partial charge in [-0.05, 0) is 39.3 Å². The Kier molecular flexibility index (Phi) is 3.30. The largest absolute Gasteiger partial charge is 0.376 e. The first-order chi connectivity index (χ1) is 7.77. The van der Waals surface area contributed by atoms with E-state index in [-0.39, 0.29) is 11.6 Å². The molecule has 0 saturated heterocycles. The molecule has 1 aromatic heterocycles. The maximum Gasteiger partial charge on any atom is 0.0887 e. The van der Waals surface area contributed by atoms with E-state index < -0.39 is 0 Å². The number of likely N-dealkylation sites (N-methyl/N-ethyl adjacent to an activating group) is 1. The van der Waals surface area contributed by atoms with Crippen molar-refractivity contribution in [3.63, 3.8) is 0 Å². The normalized spacial score (nSPS) is 20.4. The van der Waals surface area contributed by atoms with E-state index in [9.17, 15) is 0 Å². The van der Waals surface area contributed by atoms with Gasteiger partial charge in [-0.2, -0.15) is 5.10 Å². The fourth-order valence-corrected chi connectivity index (χ4v) is 2.67. The second-order valence-electron chi connectivity index (χ2n) is 4.42. The molecule has 90 valence electrons. The zero-order valence-corrected chi connectivity index (χ0v) is 10.4. The molecule has 1 saturated carbocycles. The molecule has 0 aromatic carbocycles. The first-order valence-electron chi connectivity index (χ1n) is 6.01. The van der Waals surface area contributed by atoms with Crippen molar-refractivity contribution >= 4 is 0 Å². The second-order valence-corrected chi connectivity index (χ2v) is 4.42. The van der Waals surface area contributed by atoms with Crippen LogP contribution in [0, 0.1) is 0 Å². The third-order valence-electron chi connectivity index (χ3n) is 3.77. The van der Waals surface area contributed by atoms with Gasteiger partial charge in [0, 0.05) is 19.9 Å². The van der Waals surface area contributed by atoms with Gasteiger partial charge >= 0.3 is 0 Å². The van der Waals surface area contributed by atoms with Crippen molar-refractivity contribution in [1.29, 1.82) is 0 Å². The lowest BCUT2D eigenvalue weighted by atomic mass is 9.73. The van der Waals surface area contributed by atoms with Crippen molar-refractivity contribution in [2.24, 2.45) is 0 Å². The Morgan fingerprint density at radius 3 is 2.81 bits per heavy atom. The van der Waals surface area contributed by atoms with Crippen LogP contribution in [0.1, 0.15) is 37.9 Å². The van der Waals surface area contributed by atoms with Gasteiger partial charge in [0.05, 0.1) is 17.3 Å². The van der Waals surface area contributed by atoms with Crippen LogP contribution in [0.15, 0.2) is 12.3 Å². The van der Waals surface area contributed by atoms with Crippen molar-refractivity contribution in [3.8, 4) is 0 Å². The number of aryl methyl sites for hydroxylation is 1. The summed E-state index contributed by atoms with van der Waals surface area (Å²) in [6.45, 7) is 3.02. The van der Waals surface area contributed by atoms with Crippen molar-refractivity contribution in [2.75, 3.05) is 14.2 Å². The molecule has 1 fully saturated rings. The molecule has 0 radical (unpaired) electrons. The maximum atomic E-state index is 5.75. The number of rotatable bonds is 5. The standard InChI is InChI=1S/C12H21N3O/c1-4-15-10(6-9-14-15)11(13-2)12(16-3)7-5-8-12/h6,9,11,13H,4-5,7-8H2,1-3H3. The Balaban J connectivity index is 2.28. The fourth-order valence-electron chi connectivity index (χ4n) is 2.67. The fraction of sp³-hybridized carbons (Fsp3) is 0.750. The molecule has 0 spiro atoms. The van der Waals surface area contributed by atoms with Gasteiger partial charge in [-0.15, -0.1) is 0 Å². The van der Waals surface area contributed by atoms with Crippen LogP contribution in [0.3, 0.4) is 0 Å². The van der Waals surface area contributed by atoms with Crippen LogP contribution in [0.2, 0.25) is 0 Å². The van der Waals surface area contributed by atoms with E-state index in [2.05, 4.69) is 23.4 Å². The van der Waals surface area contributed by atoms with Crippen LogP contribution < -0.4 is 5.32 Å². The van der Waals surface area contributed by atoms with E-state index in [0.29, 0.717) is 0 Å². The highest BCUT2D eigenvalue weighted by Crippen LogP contribution is 2.44. The van der Waals surface area contributed by atoms with E-state index in [4.69, 9.17) is 4.74 Å². The minimum Gasteiger partial charge on any atom is -0.376 e. The van der Waals surface area contributed by atoms with E-state index in [0.717, 1.165) is 19.4 Å². The zero-order valence-electron chi connectivity index (χ0n) is 10.4. The Labute approximate surface area is 97.0 Å². The van der Waals surface area contributed by atoms with Crippen molar-refractivity contribution in [1.82, 2.24) is 15.1 Å². The quantitative estimate of drug-likeness (QED) is 0.826. The topological polar surface area (TPSA) is 39.1 Å². The Morgan fingerprint density at radius 1 is 1.62 bits per heavy atom. The van der Waals surface area contributed by atoms with Gasteiger partial charge in [0.15, 0.2) is 0 Å². The molecule has 0 amide bonds. The molecule has 1 atom stereocenters. The van der Waals surface area contributed by atoms with E-state index in [1.807, 2.05) is 25.0 Å². The average Bonchev–Trinajstić information content (AvgIpc) is 2.70. The number of ether oxygens (including phenoxy) is 1. The summed E-state index contributed by atoms with van der Waals surface area (Å²) in [6.07, 6.45) is 5.38. The second kappa shape index (κ2) is 4.55. The van der Waals surface area contributed by atoms with Gasteiger partial charge in [0.2, 0.25) is 0 Å². The van der Waals surface area contributed by atoms with Gasteiger partial charge in [-0.25, -0.2) is 0 Å². The molecule has 0 bridgehead atoms. The van der Waals surface area contributed by atoms with Crippen molar-refractivity contribution in [3.05, 3.63) is 18.0 Å². The summed E-state index contributed by atoms with van der Waals surface area (Å²) in [5.41, 5.74) is 1.20. The Hall–Kier alpha value is -0.870. The summed E-state index contributed by atoms with van der Waals surface area (Å²) in [5.74, 6) is 0. The molecule has 0 aliphatic heterocycles. The smallest absolute Gasteiger partial charge is 0.0887 e. The lowest BCUT2D eigenvalue weighted by Crippen LogP contribution is -2.50. The lowest BCUT2D eigenvalue weighted by Gasteiger charge is -2.46. The highest BCUT2D eigenvalue weighted by molar-refractivity contribution is 5.15. The molecular weight excluding hydrogens is 202 g/mol. The molecule has 4 nitrogen and oxygen atoms in total. The van der Waals surface area contributed by atoms with Crippen LogP contribution in [0.4, 0.5) is 0 Å². The number of aromatic nitrogens is 2. The summed E-state index contributed by atoms with van der Waals surface area (Å²) < 4.78 is 7.79. The van der Waals surface area contributed by atoms with E-state index >= 15 is 0 Å². The molecule has 2 rings (SSSR count). The van der Waals surface area contributed by atoms with Crippen molar-refractivity contribution in [2.45, 2.75) is 44.4 Å². The third-order valence-corrected chi connectivity index (χ3v) is 3.77. The van der Waals surface area contributed by atoms with Crippen LogP contribution >= 0.6 is 0 Å². The van der Waals surface area contributed by atoms with Crippen LogP contribution in [-0.2, 0) is 11.3 Å². The molecule has 4 heteroatoms. The summed E-state index contributed by atoms with van der Waals surface area (Å²) >= 11 is 0. The van der Waals surface area contributed by atoms with Gasteiger partial charge in [-0.1, -0.05) is 0 Å². The predicted octanol–water partition coefficient (Wildman–Crippen LogP) is 1.73. The summed E-state index contributed by atoms with van der Waals surface area (Å²) in [7, 11) is 3.81. The number of nitrogens with one attached hydrogen (secondary N) is 1. The maximum absolute atomic E-state index is 5.75. The van der Waals surface area contributed by atoms with Crippen LogP contribution in [0.5, 0.6) is 0 Å². The summed E-state index contributed by atoms with van der Waals surface area (Å²) in [4.78, 5) is 0. The first kappa shape index (κ1) is 11.6. The Morgan fingerprint density at radius 2 is 2.38 bits per heavy atom. The zero-order chi connectivity index (χ0) is 11.6. The summed E-state index contributed by atoms with van der Waals surface area (Å²) in [6, 6.07) is 2.33. The Bertz CT molecular complexity index is 338. The molecule has 1 heterocycles. The molecule has 1 aromatic rings. The number of methoxy groups -OCH3 is 1. The highest BCUT2D eigenvalue weighted by atomic mass is 16.5. The van der Waals surface area contributed by atoms with Crippen molar-refractivity contribution < 1.29 is 4.74 Å². The van der Waals surface area contributed by atoms with Crippen LogP contribution in [0.25, 0.3) is 0 Å². The average molecular weight is 223 g/mol. The van der Waals surface area contributed by atoms with Gasteiger partial charge in [0.25, 0.3) is 0 Å². The number of hydrogen-bond donors (Lipinski definition) is 1. The highest BCUT2D eigenvalue weighted by Gasteiger charge is 2.45. The number of nitrogens with zero attached hydrogens (tertiary/aromatic N) is 2. The molecule has 16 heavy (non-hydrogen) atoms. The van der Waals surface area contributed by atoms with Crippen LogP contribution in [-0.4, -0.2) is 29.5 Å². The summed E-state index contributed by atoms with van der Waals surface area (Å²) in [5, 5.41) is 7.72. The predicted molar refractivity (Wildman–Crippen MR) is 63.3 cm³/mol. The molecule has 1 aliphatic carbocycles. The first-order valence-corrected chi connectivity index (χ1v) is 6.01. The van der Waals surface area contributed by atoms with E-state index in [1.54, 1.807) is 0 Å². The minimum atomic E-state index is -0.0261. The SMILES string of the molecule is CCn1nccc1C(NC)C1(OC)CCC1. The lowest BCUT2D eigenvalue weighted by molar-refractivity contribution is -0.1000. The molecular formula is C12H21N3O. The van der Waals surface area contributed by atoms with Gasteiger partial charge < -0.3 is 10.1 Å². The molecule has 1 N–H and O–H groups in total. The monoisotopic (exact) mass is 223 g/mol. The van der Waals surface area contributed by atoms with E-state index in [1.165, 1.54) is 12.1 Å². The minimum absolute atomic E-state index is 0.0261. The molecule has 1 aliphatic rings.